The summed E-state index contributed by atoms with van der Waals surface area (Å²) >= 11 is 0. The first kappa shape index (κ1) is 18.2. The highest BCUT2D eigenvalue weighted by Crippen LogP contribution is 2.24. The molecule has 0 aromatic heterocycles. The summed E-state index contributed by atoms with van der Waals surface area (Å²) in [4.78, 5) is 17.7. The summed E-state index contributed by atoms with van der Waals surface area (Å²) in [5.74, 6) is 1.01. The van der Waals surface area contributed by atoms with Crippen LogP contribution in [0.3, 0.4) is 0 Å². The standard InChI is InChI=1S/C21H32N2O2/c1-17(2)25-20-10-8-18(9-11-20)21(24)23-15-4-3-7-19(23)12-16-22-13-5-6-14-22/h8-11,17,19H,3-7,12-16H2,1-2H3/t19-/m1/s1. The van der Waals surface area contributed by atoms with Gasteiger partial charge >= 0.3 is 0 Å². The third kappa shape index (κ3) is 4.97. The normalized spacial score (nSPS) is 21.7. The van der Waals surface area contributed by atoms with Gasteiger partial charge in [0.15, 0.2) is 0 Å². The smallest absolute Gasteiger partial charge is 0.254 e. The van der Waals surface area contributed by atoms with Crippen molar-refractivity contribution in [3.63, 3.8) is 0 Å². The first-order chi connectivity index (χ1) is 12.1. The van der Waals surface area contributed by atoms with Gasteiger partial charge in [0.25, 0.3) is 5.91 Å². The van der Waals surface area contributed by atoms with Gasteiger partial charge in [0.1, 0.15) is 5.75 Å². The molecule has 1 aromatic rings. The van der Waals surface area contributed by atoms with Gasteiger partial charge in [0.2, 0.25) is 0 Å². The molecule has 2 fully saturated rings. The average Bonchev–Trinajstić information content (AvgIpc) is 3.13. The number of nitrogens with zero attached hydrogens (tertiary/aromatic N) is 2. The summed E-state index contributed by atoms with van der Waals surface area (Å²) in [5.41, 5.74) is 0.782. The molecule has 1 amide bonds. The van der Waals surface area contributed by atoms with Crippen molar-refractivity contribution in [2.24, 2.45) is 0 Å². The van der Waals surface area contributed by atoms with E-state index in [0.29, 0.717) is 6.04 Å². The first-order valence-corrected chi connectivity index (χ1v) is 9.93. The van der Waals surface area contributed by atoms with E-state index in [0.717, 1.165) is 43.7 Å². The summed E-state index contributed by atoms with van der Waals surface area (Å²) < 4.78 is 5.68. The van der Waals surface area contributed by atoms with Gasteiger partial charge in [-0.15, -0.1) is 0 Å². The maximum absolute atomic E-state index is 13.0. The zero-order valence-corrected chi connectivity index (χ0v) is 15.7. The molecule has 0 saturated carbocycles. The van der Waals surface area contributed by atoms with Crippen molar-refractivity contribution in [2.75, 3.05) is 26.2 Å². The number of hydrogen-bond donors (Lipinski definition) is 0. The van der Waals surface area contributed by atoms with E-state index in [1.54, 1.807) is 0 Å². The van der Waals surface area contributed by atoms with Gasteiger partial charge in [-0.3, -0.25) is 4.79 Å². The lowest BCUT2D eigenvalue weighted by atomic mass is 9.98. The van der Waals surface area contributed by atoms with Crippen LogP contribution in [0.15, 0.2) is 24.3 Å². The molecule has 2 aliphatic rings. The van der Waals surface area contributed by atoms with Gasteiger partial charge in [-0.2, -0.15) is 0 Å². The molecule has 4 heteroatoms. The Kier molecular flexibility index (Phi) is 6.35. The Hall–Kier alpha value is -1.55. The topological polar surface area (TPSA) is 32.8 Å². The fraction of sp³-hybridized carbons (Fsp3) is 0.667. The zero-order valence-electron chi connectivity index (χ0n) is 15.7. The molecule has 0 aliphatic carbocycles. The predicted molar refractivity (Wildman–Crippen MR) is 101 cm³/mol. The summed E-state index contributed by atoms with van der Waals surface area (Å²) in [6.07, 6.45) is 7.44. The van der Waals surface area contributed by atoms with Crippen molar-refractivity contribution >= 4 is 5.91 Å². The van der Waals surface area contributed by atoms with Gasteiger partial charge in [0.05, 0.1) is 6.10 Å². The predicted octanol–water partition coefficient (Wildman–Crippen LogP) is 3.95. The number of piperidine rings is 1. The monoisotopic (exact) mass is 344 g/mol. The zero-order chi connectivity index (χ0) is 17.6. The molecule has 1 aromatic carbocycles. The summed E-state index contributed by atoms with van der Waals surface area (Å²) in [6.45, 7) is 8.52. The highest BCUT2D eigenvalue weighted by Gasteiger charge is 2.28. The molecule has 2 saturated heterocycles. The van der Waals surface area contributed by atoms with Crippen molar-refractivity contribution < 1.29 is 9.53 Å². The molecule has 0 spiro atoms. The van der Waals surface area contributed by atoms with E-state index < -0.39 is 0 Å². The van der Waals surface area contributed by atoms with E-state index in [-0.39, 0.29) is 12.0 Å². The van der Waals surface area contributed by atoms with Crippen LogP contribution in [0.5, 0.6) is 5.75 Å². The van der Waals surface area contributed by atoms with E-state index in [4.69, 9.17) is 4.74 Å². The number of likely N-dealkylation sites (tertiary alicyclic amines) is 2. The third-order valence-corrected chi connectivity index (χ3v) is 5.34. The number of rotatable bonds is 6. The molecule has 3 rings (SSSR count). The SMILES string of the molecule is CC(C)Oc1ccc(C(=O)N2CCCC[C@@H]2CCN2CCCC2)cc1. The van der Waals surface area contributed by atoms with Crippen LogP contribution in [-0.2, 0) is 0 Å². The Labute approximate surface area is 152 Å². The fourth-order valence-corrected chi connectivity index (χ4v) is 4.02. The minimum absolute atomic E-state index is 0.151. The largest absolute Gasteiger partial charge is 0.491 e. The molecule has 0 bridgehead atoms. The molecule has 138 valence electrons. The highest BCUT2D eigenvalue weighted by molar-refractivity contribution is 5.94. The van der Waals surface area contributed by atoms with Gasteiger partial charge in [-0.1, -0.05) is 0 Å². The molecule has 2 aliphatic heterocycles. The quantitative estimate of drug-likeness (QED) is 0.783. The van der Waals surface area contributed by atoms with Crippen molar-refractivity contribution in [3.05, 3.63) is 29.8 Å². The summed E-state index contributed by atoms with van der Waals surface area (Å²) in [7, 11) is 0. The molecule has 0 unspecified atom stereocenters. The van der Waals surface area contributed by atoms with Crippen LogP contribution in [0.25, 0.3) is 0 Å². The van der Waals surface area contributed by atoms with Crippen LogP contribution < -0.4 is 4.74 Å². The van der Waals surface area contributed by atoms with Crippen LogP contribution in [0, 0.1) is 0 Å². The Bertz CT molecular complexity index is 550. The van der Waals surface area contributed by atoms with E-state index >= 15 is 0 Å². The minimum Gasteiger partial charge on any atom is -0.491 e. The Morgan fingerprint density at radius 3 is 2.44 bits per heavy atom. The fourth-order valence-electron chi connectivity index (χ4n) is 4.02. The molecule has 4 nitrogen and oxygen atoms in total. The van der Waals surface area contributed by atoms with Crippen LogP contribution in [-0.4, -0.2) is 54.0 Å². The molecule has 1 atom stereocenters. The maximum atomic E-state index is 13.0. The number of ether oxygens (including phenoxy) is 1. The second-order valence-electron chi connectivity index (χ2n) is 7.68. The maximum Gasteiger partial charge on any atom is 0.254 e. The Balaban J connectivity index is 1.61. The van der Waals surface area contributed by atoms with Crippen molar-refractivity contribution in [1.29, 1.82) is 0 Å². The molecule has 2 heterocycles. The minimum atomic E-state index is 0.151. The lowest BCUT2D eigenvalue weighted by Crippen LogP contribution is -2.45. The molecular weight excluding hydrogens is 312 g/mol. The molecule has 25 heavy (non-hydrogen) atoms. The summed E-state index contributed by atoms with van der Waals surface area (Å²) in [5, 5.41) is 0. The second-order valence-corrected chi connectivity index (χ2v) is 7.68. The second kappa shape index (κ2) is 8.70. The van der Waals surface area contributed by atoms with Crippen LogP contribution >= 0.6 is 0 Å². The van der Waals surface area contributed by atoms with Gasteiger partial charge in [0, 0.05) is 24.7 Å². The lowest BCUT2D eigenvalue weighted by Gasteiger charge is -2.36. The number of benzene rings is 1. The van der Waals surface area contributed by atoms with Crippen LogP contribution in [0.2, 0.25) is 0 Å². The summed E-state index contributed by atoms with van der Waals surface area (Å²) in [6, 6.07) is 8.04. The van der Waals surface area contributed by atoms with Gasteiger partial charge in [-0.25, -0.2) is 0 Å². The van der Waals surface area contributed by atoms with Crippen molar-refractivity contribution in [2.45, 2.75) is 64.5 Å². The lowest BCUT2D eigenvalue weighted by molar-refractivity contribution is 0.0588. The van der Waals surface area contributed by atoms with Gasteiger partial charge in [-0.05, 0) is 89.7 Å². The van der Waals surface area contributed by atoms with Crippen LogP contribution in [0.1, 0.15) is 62.7 Å². The first-order valence-electron chi connectivity index (χ1n) is 9.93. The van der Waals surface area contributed by atoms with Crippen LogP contribution in [0.4, 0.5) is 0 Å². The van der Waals surface area contributed by atoms with E-state index in [1.807, 2.05) is 38.1 Å². The Morgan fingerprint density at radius 2 is 1.76 bits per heavy atom. The number of carbonyl (C=O) groups excluding carboxylic acids is 1. The van der Waals surface area contributed by atoms with Crippen molar-refractivity contribution in [1.82, 2.24) is 9.80 Å². The number of amides is 1. The van der Waals surface area contributed by atoms with E-state index in [9.17, 15) is 4.79 Å². The Morgan fingerprint density at radius 1 is 1.08 bits per heavy atom. The third-order valence-electron chi connectivity index (χ3n) is 5.34. The van der Waals surface area contributed by atoms with E-state index in [1.165, 1.54) is 32.4 Å². The highest BCUT2D eigenvalue weighted by atomic mass is 16.5. The average molecular weight is 344 g/mol. The number of carbonyl (C=O) groups is 1. The molecule has 0 N–H and O–H groups in total. The molecular formula is C21H32N2O2. The van der Waals surface area contributed by atoms with Crippen molar-refractivity contribution in [3.8, 4) is 5.75 Å². The molecule has 0 radical (unpaired) electrons. The van der Waals surface area contributed by atoms with E-state index in [2.05, 4.69) is 9.80 Å². The number of hydrogen-bond acceptors (Lipinski definition) is 3. The van der Waals surface area contributed by atoms with Gasteiger partial charge < -0.3 is 14.5 Å².